The lowest BCUT2D eigenvalue weighted by molar-refractivity contribution is -0.138. The summed E-state index contributed by atoms with van der Waals surface area (Å²) in [6.45, 7) is 1.73. The van der Waals surface area contributed by atoms with Crippen LogP contribution >= 0.6 is 0 Å². The number of esters is 1. The number of nitrogens with one attached hydrogen (secondary N) is 1. The van der Waals surface area contributed by atoms with Crippen molar-refractivity contribution < 1.29 is 9.53 Å². The molecule has 0 fully saturated rings. The van der Waals surface area contributed by atoms with E-state index in [-0.39, 0.29) is 24.6 Å². The molecule has 0 saturated heterocycles. The molecule has 0 saturated carbocycles. The van der Waals surface area contributed by atoms with E-state index in [1.54, 1.807) is 6.92 Å². The summed E-state index contributed by atoms with van der Waals surface area (Å²) in [5.74, 6) is -0.682. The molecule has 7 nitrogen and oxygen atoms in total. The van der Waals surface area contributed by atoms with Crippen LogP contribution in [0.5, 0.6) is 0 Å². The molecule has 3 N–H and O–H groups in total. The van der Waals surface area contributed by atoms with Crippen molar-refractivity contribution in [3.8, 4) is 0 Å². The third kappa shape index (κ3) is 4.78. The Labute approximate surface area is 80.7 Å². The van der Waals surface area contributed by atoms with Gasteiger partial charge in [0, 0.05) is 10.6 Å². The third-order valence-corrected chi connectivity index (χ3v) is 1.15. The van der Waals surface area contributed by atoms with Gasteiger partial charge in [0.15, 0.2) is 0 Å². The second-order valence-corrected chi connectivity index (χ2v) is 2.23. The normalized spacial score (nSPS) is 10.2. The van der Waals surface area contributed by atoms with Crippen molar-refractivity contribution in [1.29, 1.82) is 5.41 Å². The van der Waals surface area contributed by atoms with Crippen molar-refractivity contribution in [1.82, 2.24) is 0 Å². The Kier molecular flexibility index (Phi) is 5.57. The largest absolute Gasteiger partial charge is 0.461 e. The number of azide groups is 1. The summed E-state index contributed by atoms with van der Waals surface area (Å²) in [6.07, 6.45) is 1.10. The first kappa shape index (κ1) is 12.0. The fraction of sp³-hybridized carbons (Fsp3) is 0.429. The predicted molar refractivity (Wildman–Crippen MR) is 50.6 cm³/mol. The van der Waals surface area contributed by atoms with Gasteiger partial charge in [-0.15, -0.1) is 0 Å². The molecule has 0 aromatic rings. The third-order valence-electron chi connectivity index (χ3n) is 1.15. The molecule has 0 aliphatic carbocycles. The smallest absolute Gasteiger partial charge is 0.354 e. The van der Waals surface area contributed by atoms with Crippen molar-refractivity contribution in [2.24, 2.45) is 10.8 Å². The summed E-state index contributed by atoms with van der Waals surface area (Å²) in [6, 6.07) is 0. The van der Waals surface area contributed by atoms with Gasteiger partial charge < -0.3 is 15.9 Å². The average Bonchev–Trinajstić information content (AvgIpc) is 2.15. The SMILES string of the molecule is CCOC(=O)/C(N)=C/C(=N)CN=[N+]=[N-]. The summed E-state index contributed by atoms with van der Waals surface area (Å²) in [5.41, 5.74) is 13.0. The van der Waals surface area contributed by atoms with Gasteiger partial charge in [-0.1, -0.05) is 5.11 Å². The zero-order chi connectivity index (χ0) is 11.0. The van der Waals surface area contributed by atoms with E-state index in [2.05, 4.69) is 14.8 Å². The molecule has 14 heavy (non-hydrogen) atoms. The van der Waals surface area contributed by atoms with Crippen LogP contribution in [0.1, 0.15) is 6.92 Å². The number of carbonyl (C=O) groups excluding carboxylic acids is 1. The van der Waals surface area contributed by atoms with Crippen molar-refractivity contribution >= 4 is 11.7 Å². The van der Waals surface area contributed by atoms with Gasteiger partial charge >= 0.3 is 5.97 Å². The van der Waals surface area contributed by atoms with E-state index in [0.29, 0.717) is 0 Å². The maximum atomic E-state index is 10.9. The number of rotatable bonds is 5. The van der Waals surface area contributed by atoms with Crippen molar-refractivity contribution in [2.75, 3.05) is 13.2 Å². The lowest BCUT2D eigenvalue weighted by Crippen LogP contribution is -2.16. The molecule has 0 spiro atoms. The Bertz CT molecular complexity index is 303. The van der Waals surface area contributed by atoms with Crippen LogP contribution in [0.2, 0.25) is 0 Å². The Morgan fingerprint density at radius 2 is 2.43 bits per heavy atom. The molecule has 7 heteroatoms. The topological polar surface area (TPSA) is 125 Å². The van der Waals surface area contributed by atoms with Gasteiger partial charge in [0.2, 0.25) is 0 Å². The van der Waals surface area contributed by atoms with Crippen LogP contribution in [0.3, 0.4) is 0 Å². The molecule has 0 bridgehead atoms. The number of hydrogen-bond donors (Lipinski definition) is 2. The molecular formula is C7H11N5O2. The minimum Gasteiger partial charge on any atom is -0.461 e. The van der Waals surface area contributed by atoms with Gasteiger partial charge in [-0.3, -0.25) is 0 Å². The van der Waals surface area contributed by atoms with Gasteiger partial charge in [-0.05, 0) is 18.5 Å². The molecule has 0 unspecified atom stereocenters. The summed E-state index contributed by atoms with van der Waals surface area (Å²) >= 11 is 0. The second-order valence-electron chi connectivity index (χ2n) is 2.23. The second kappa shape index (κ2) is 6.50. The molecule has 0 aliphatic rings. The quantitative estimate of drug-likeness (QED) is 0.168. The molecule has 0 amide bonds. The van der Waals surface area contributed by atoms with Crippen LogP contribution < -0.4 is 5.73 Å². The number of ether oxygens (including phenoxy) is 1. The molecule has 76 valence electrons. The number of carbonyl (C=O) groups is 1. The van der Waals surface area contributed by atoms with Gasteiger partial charge in [0.1, 0.15) is 5.70 Å². The molecule has 0 aromatic carbocycles. The van der Waals surface area contributed by atoms with E-state index in [0.717, 1.165) is 6.08 Å². The van der Waals surface area contributed by atoms with Crippen LogP contribution in [0, 0.1) is 5.41 Å². The highest BCUT2D eigenvalue weighted by atomic mass is 16.5. The highest BCUT2D eigenvalue weighted by Gasteiger charge is 2.05. The lowest BCUT2D eigenvalue weighted by atomic mass is 10.3. The summed E-state index contributed by atoms with van der Waals surface area (Å²) in [4.78, 5) is 13.4. The van der Waals surface area contributed by atoms with E-state index in [1.807, 2.05) is 0 Å². The Morgan fingerprint density at radius 1 is 1.79 bits per heavy atom. The molecular weight excluding hydrogens is 186 g/mol. The van der Waals surface area contributed by atoms with Crippen molar-refractivity contribution in [3.63, 3.8) is 0 Å². The van der Waals surface area contributed by atoms with Crippen molar-refractivity contribution in [3.05, 3.63) is 22.2 Å². The fourth-order valence-electron chi connectivity index (χ4n) is 0.615. The monoisotopic (exact) mass is 197 g/mol. The van der Waals surface area contributed by atoms with E-state index >= 15 is 0 Å². The van der Waals surface area contributed by atoms with Gasteiger partial charge in [-0.2, -0.15) is 0 Å². The highest BCUT2D eigenvalue weighted by Crippen LogP contribution is 1.91. The molecule has 0 heterocycles. The van der Waals surface area contributed by atoms with Crippen molar-refractivity contribution in [2.45, 2.75) is 6.92 Å². The van der Waals surface area contributed by atoms with Crippen LogP contribution in [0.25, 0.3) is 10.4 Å². The van der Waals surface area contributed by atoms with Crippen LogP contribution in [-0.4, -0.2) is 24.8 Å². The molecule has 0 aromatic heterocycles. The summed E-state index contributed by atoms with van der Waals surface area (Å²) < 4.78 is 4.58. The fourth-order valence-corrected chi connectivity index (χ4v) is 0.615. The highest BCUT2D eigenvalue weighted by molar-refractivity contribution is 6.01. The minimum absolute atomic E-state index is 0.0478. The van der Waals surface area contributed by atoms with Crippen LogP contribution in [0.4, 0.5) is 0 Å². The predicted octanol–water partition coefficient (Wildman–Crippen LogP) is 0.722. The molecule has 0 aliphatic heterocycles. The first-order valence-electron chi connectivity index (χ1n) is 3.84. The van der Waals surface area contributed by atoms with E-state index in [4.69, 9.17) is 16.7 Å². The van der Waals surface area contributed by atoms with Gasteiger partial charge in [0.25, 0.3) is 0 Å². The molecule has 0 radical (unpaired) electrons. The lowest BCUT2D eigenvalue weighted by Gasteiger charge is -2.00. The number of nitrogens with zero attached hydrogens (tertiary/aromatic N) is 3. The first-order valence-corrected chi connectivity index (χ1v) is 3.84. The average molecular weight is 197 g/mol. The van der Waals surface area contributed by atoms with E-state index < -0.39 is 5.97 Å². The number of hydrogen-bond acceptors (Lipinski definition) is 5. The van der Waals surface area contributed by atoms with Gasteiger partial charge in [0.05, 0.1) is 13.2 Å². The van der Waals surface area contributed by atoms with E-state index in [1.165, 1.54) is 0 Å². The molecule has 0 rings (SSSR count). The zero-order valence-corrected chi connectivity index (χ0v) is 7.73. The minimum atomic E-state index is -0.682. The number of nitrogens with two attached hydrogens (primary N) is 1. The zero-order valence-electron chi connectivity index (χ0n) is 7.73. The molecule has 0 atom stereocenters. The summed E-state index contributed by atoms with van der Waals surface area (Å²) in [5, 5.41) is 10.4. The maximum Gasteiger partial charge on any atom is 0.354 e. The first-order chi connectivity index (χ1) is 6.61. The van der Waals surface area contributed by atoms with Gasteiger partial charge in [-0.25, -0.2) is 4.79 Å². The Morgan fingerprint density at radius 3 is 2.93 bits per heavy atom. The van der Waals surface area contributed by atoms with E-state index in [9.17, 15) is 4.79 Å². The Balaban J connectivity index is 4.28. The summed E-state index contributed by atoms with van der Waals surface area (Å²) in [7, 11) is 0. The standard InChI is InChI=1S/C7H11N5O2/c1-2-14-7(13)6(9)3-5(8)4-11-12-10/h3,8H,2,4,9H2,1H3/b6-3-,8-5?. The Hall–Kier alpha value is -2.01. The van der Waals surface area contributed by atoms with Crippen LogP contribution in [0.15, 0.2) is 16.9 Å². The maximum absolute atomic E-state index is 10.9. The van der Waals surface area contributed by atoms with Crippen LogP contribution in [-0.2, 0) is 9.53 Å².